The van der Waals surface area contributed by atoms with Gasteiger partial charge in [0.25, 0.3) is 0 Å². The zero-order chi connectivity index (χ0) is 22.1. The number of carbonyl (C=O) groups excluding carboxylic acids is 1. The van der Waals surface area contributed by atoms with E-state index in [0.717, 1.165) is 24.0 Å². The van der Waals surface area contributed by atoms with E-state index in [1.54, 1.807) is 68.7 Å². The van der Waals surface area contributed by atoms with Crippen LogP contribution >= 0.6 is 0 Å². The Morgan fingerprint density at radius 1 is 1.17 bits per heavy atom. The number of ether oxygens (including phenoxy) is 1. The summed E-state index contributed by atoms with van der Waals surface area (Å²) in [6, 6.07) is 10.2. The second-order valence-electron chi connectivity index (χ2n) is 8.58. The van der Waals surface area contributed by atoms with Gasteiger partial charge in [0.05, 0.1) is 10.9 Å². The van der Waals surface area contributed by atoms with Crippen LogP contribution in [0.25, 0.3) is 0 Å². The van der Waals surface area contributed by atoms with Gasteiger partial charge < -0.3 is 4.74 Å². The van der Waals surface area contributed by atoms with Crippen molar-refractivity contribution in [2.24, 2.45) is 0 Å². The monoisotopic (exact) mass is 431 g/mol. The highest BCUT2D eigenvalue weighted by Crippen LogP contribution is 2.36. The van der Waals surface area contributed by atoms with Gasteiger partial charge in [-0.3, -0.25) is 4.90 Å². The Morgan fingerprint density at radius 3 is 2.40 bits per heavy atom. The number of rotatable bonds is 4. The van der Waals surface area contributed by atoms with Crippen LogP contribution in [0.2, 0.25) is 0 Å². The Morgan fingerprint density at radius 2 is 1.83 bits per heavy atom. The summed E-state index contributed by atoms with van der Waals surface area (Å²) in [6.07, 6.45) is 2.67. The van der Waals surface area contributed by atoms with Crippen molar-refractivity contribution in [3.8, 4) is 0 Å². The number of hydrogen-bond donors (Lipinski definition) is 0. The molecular weight excluding hydrogens is 402 g/mol. The summed E-state index contributed by atoms with van der Waals surface area (Å²) in [5.74, 6) is 0.443. The van der Waals surface area contributed by atoms with Gasteiger partial charge in [-0.25, -0.2) is 18.2 Å². The van der Waals surface area contributed by atoms with Gasteiger partial charge in [0.15, 0.2) is 0 Å². The quantitative estimate of drug-likeness (QED) is 0.722. The average Bonchev–Trinajstić information content (AvgIpc) is 3.17. The third-order valence-corrected chi connectivity index (χ3v) is 6.92. The fourth-order valence-electron chi connectivity index (χ4n) is 3.42. The second kappa shape index (κ2) is 8.35. The van der Waals surface area contributed by atoms with Gasteiger partial charge in [-0.2, -0.15) is 4.31 Å². The Bertz CT molecular complexity index is 996. The third-order valence-electron chi connectivity index (χ3n) is 5.00. The molecule has 0 saturated carbocycles. The van der Waals surface area contributed by atoms with E-state index in [9.17, 15) is 13.2 Å². The first-order chi connectivity index (χ1) is 14.0. The fourth-order valence-corrected chi connectivity index (χ4v) is 5.11. The minimum absolute atomic E-state index is 0.273. The molecule has 1 unspecified atom stereocenters. The van der Waals surface area contributed by atoms with Crippen molar-refractivity contribution in [1.29, 1.82) is 0 Å². The maximum atomic E-state index is 13.2. The topological polar surface area (TPSA) is 79.8 Å². The summed E-state index contributed by atoms with van der Waals surface area (Å²) in [4.78, 5) is 18.3. The Hall–Kier alpha value is -2.45. The van der Waals surface area contributed by atoms with Crippen LogP contribution in [-0.4, -0.2) is 43.0 Å². The van der Waals surface area contributed by atoms with Crippen molar-refractivity contribution in [3.05, 3.63) is 53.7 Å². The molecule has 2 aromatic rings. The van der Waals surface area contributed by atoms with E-state index in [1.165, 1.54) is 4.90 Å². The summed E-state index contributed by atoms with van der Waals surface area (Å²) in [6.45, 7) is 7.81. The first-order valence-corrected chi connectivity index (χ1v) is 11.4. The summed E-state index contributed by atoms with van der Waals surface area (Å²) < 4.78 is 33.2. The van der Waals surface area contributed by atoms with Crippen LogP contribution < -0.4 is 4.90 Å². The lowest BCUT2D eigenvalue weighted by molar-refractivity contribution is 0.0588. The molecule has 1 saturated heterocycles. The molecule has 1 aromatic heterocycles. The molecule has 1 aliphatic heterocycles. The van der Waals surface area contributed by atoms with Crippen LogP contribution in [0.15, 0.2) is 47.5 Å². The van der Waals surface area contributed by atoms with Crippen molar-refractivity contribution in [3.63, 3.8) is 0 Å². The van der Waals surface area contributed by atoms with Crippen LogP contribution in [0, 0.1) is 6.92 Å². The zero-order valence-corrected chi connectivity index (χ0v) is 18.9. The van der Waals surface area contributed by atoms with Gasteiger partial charge in [-0.15, -0.1) is 0 Å². The minimum Gasteiger partial charge on any atom is -0.443 e. The number of hydrogen-bond acceptors (Lipinski definition) is 5. The van der Waals surface area contributed by atoms with E-state index in [1.807, 2.05) is 13.0 Å². The predicted octanol–water partition coefficient (Wildman–Crippen LogP) is 4.29. The van der Waals surface area contributed by atoms with Crippen LogP contribution in [0.1, 0.15) is 50.8 Å². The second-order valence-corrected chi connectivity index (χ2v) is 10.5. The molecule has 1 amide bonds. The molecule has 2 heterocycles. The normalized spacial score (nSPS) is 17.7. The van der Waals surface area contributed by atoms with E-state index < -0.39 is 21.7 Å². The molecule has 0 spiro atoms. The molecule has 3 rings (SSSR count). The van der Waals surface area contributed by atoms with E-state index in [0.29, 0.717) is 17.3 Å². The van der Waals surface area contributed by atoms with Crippen LogP contribution in [0.4, 0.5) is 10.6 Å². The largest absolute Gasteiger partial charge is 0.443 e. The highest BCUT2D eigenvalue weighted by molar-refractivity contribution is 7.89. The van der Waals surface area contributed by atoms with Crippen LogP contribution in [0.3, 0.4) is 0 Å². The molecule has 0 bridgehead atoms. The molecule has 0 aliphatic carbocycles. The van der Waals surface area contributed by atoms with Gasteiger partial charge in [-0.1, -0.05) is 23.8 Å². The van der Waals surface area contributed by atoms with Crippen molar-refractivity contribution in [2.45, 2.75) is 57.1 Å². The summed E-state index contributed by atoms with van der Waals surface area (Å²) >= 11 is 0. The van der Waals surface area contributed by atoms with Gasteiger partial charge in [-0.05, 0) is 64.3 Å². The van der Waals surface area contributed by atoms with E-state index in [4.69, 9.17) is 4.74 Å². The Balaban J connectivity index is 1.80. The van der Waals surface area contributed by atoms with Gasteiger partial charge in [0.1, 0.15) is 11.4 Å². The molecular formula is C22H29N3O4S. The van der Waals surface area contributed by atoms with Gasteiger partial charge in [0, 0.05) is 19.8 Å². The van der Waals surface area contributed by atoms with Crippen molar-refractivity contribution < 1.29 is 17.9 Å². The van der Waals surface area contributed by atoms with E-state index >= 15 is 0 Å². The number of pyridine rings is 1. The zero-order valence-electron chi connectivity index (χ0n) is 18.1. The average molecular weight is 432 g/mol. The van der Waals surface area contributed by atoms with Crippen molar-refractivity contribution in [2.75, 3.05) is 18.5 Å². The lowest BCUT2D eigenvalue weighted by Crippen LogP contribution is -2.34. The first kappa shape index (κ1) is 22.2. The number of carbonyl (C=O) groups is 1. The number of nitrogens with zero attached hydrogens (tertiary/aromatic N) is 3. The highest BCUT2D eigenvalue weighted by atomic mass is 32.2. The SMILES string of the molecule is Cc1ccc(S(=O)(=O)N2CCCC2c2ccc(N(C)C(=O)OC(C)(C)C)nc2)cc1. The Kier molecular flexibility index (Phi) is 6.19. The molecule has 7 nitrogen and oxygen atoms in total. The molecule has 30 heavy (non-hydrogen) atoms. The predicted molar refractivity (Wildman–Crippen MR) is 116 cm³/mol. The third kappa shape index (κ3) is 4.82. The standard InChI is InChI=1S/C22H29N3O4S/c1-16-8-11-18(12-9-16)30(27,28)25-14-6-7-19(25)17-10-13-20(23-15-17)24(5)21(26)29-22(2,3)4/h8-13,15,19H,6-7,14H2,1-5H3. The Labute approximate surface area is 178 Å². The molecule has 1 aliphatic rings. The molecule has 0 N–H and O–H groups in total. The highest BCUT2D eigenvalue weighted by Gasteiger charge is 2.36. The number of amides is 1. The molecule has 8 heteroatoms. The number of benzene rings is 1. The molecule has 1 aromatic carbocycles. The van der Waals surface area contributed by atoms with Crippen LogP contribution in [0.5, 0.6) is 0 Å². The maximum absolute atomic E-state index is 13.2. The number of aromatic nitrogens is 1. The lowest BCUT2D eigenvalue weighted by Gasteiger charge is -2.26. The molecule has 1 atom stereocenters. The molecule has 0 radical (unpaired) electrons. The summed E-state index contributed by atoms with van der Waals surface area (Å²) in [5, 5.41) is 0. The lowest BCUT2D eigenvalue weighted by atomic mass is 10.1. The fraction of sp³-hybridized carbons (Fsp3) is 0.455. The number of sulfonamides is 1. The van der Waals surface area contributed by atoms with Crippen molar-refractivity contribution in [1.82, 2.24) is 9.29 Å². The summed E-state index contributed by atoms with van der Waals surface area (Å²) in [7, 11) is -1.99. The van der Waals surface area contributed by atoms with E-state index in [-0.39, 0.29) is 6.04 Å². The molecule has 162 valence electrons. The van der Waals surface area contributed by atoms with Gasteiger partial charge in [0.2, 0.25) is 10.0 Å². The number of aryl methyl sites for hydroxylation is 1. The van der Waals surface area contributed by atoms with E-state index in [2.05, 4.69) is 4.98 Å². The van der Waals surface area contributed by atoms with Crippen LogP contribution in [-0.2, 0) is 14.8 Å². The number of anilines is 1. The smallest absolute Gasteiger partial charge is 0.415 e. The summed E-state index contributed by atoms with van der Waals surface area (Å²) in [5.41, 5.74) is 1.23. The minimum atomic E-state index is -3.59. The maximum Gasteiger partial charge on any atom is 0.415 e. The van der Waals surface area contributed by atoms with Gasteiger partial charge >= 0.3 is 6.09 Å². The van der Waals surface area contributed by atoms with Crippen molar-refractivity contribution >= 4 is 21.9 Å². The first-order valence-electron chi connectivity index (χ1n) is 10.0. The molecule has 1 fully saturated rings.